The van der Waals surface area contributed by atoms with E-state index < -0.39 is 0 Å². The molecule has 2 aliphatic rings. The number of amides is 2. The third-order valence-corrected chi connectivity index (χ3v) is 5.27. The van der Waals surface area contributed by atoms with E-state index in [0.717, 1.165) is 23.4 Å². The number of halogens is 1. The van der Waals surface area contributed by atoms with Crippen LogP contribution in [-0.4, -0.2) is 45.0 Å². The summed E-state index contributed by atoms with van der Waals surface area (Å²) >= 11 is 0. The molecule has 0 bridgehead atoms. The number of nitrogens with zero attached hydrogens (tertiary/aromatic N) is 5. The van der Waals surface area contributed by atoms with Crippen molar-refractivity contribution in [2.75, 3.05) is 19.6 Å². The van der Waals surface area contributed by atoms with Gasteiger partial charge in [-0.05, 0) is 36.1 Å². The maximum atomic E-state index is 13.1. The number of likely N-dealkylation sites (tertiary alicyclic amines) is 1. The Kier molecular flexibility index (Phi) is 4.63. The van der Waals surface area contributed by atoms with Gasteiger partial charge in [-0.15, -0.1) is 0 Å². The van der Waals surface area contributed by atoms with E-state index in [9.17, 15) is 14.4 Å². The second kappa shape index (κ2) is 7.23. The zero-order chi connectivity index (χ0) is 18.8. The Morgan fingerprint density at radius 2 is 1.81 bits per heavy atom. The summed E-state index contributed by atoms with van der Waals surface area (Å²) in [6.45, 7) is 3.22. The third-order valence-electron chi connectivity index (χ3n) is 5.27. The van der Waals surface area contributed by atoms with E-state index in [1.165, 1.54) is 12.1 Å². The fourth-order valence-corrected chi connectivity index (χ4v) is 3.73. The van der Waals surface area contributed by atoms with Gasteiger partial charge in [-0.1, -0.05) is 12.1 Å². The van der Waals surface area contributed by atoms with E-state index >= 15 is 0 Å². The number of allylic oxidation sites excluding steroid dienone is 1. The first kappa shape index (κ1) is 17.3. The Labute approximate surface area is 157 Å². The van der Waals surface area contributed by atoms with Crippen molar-refractivity contribution in [3.05, 3.63) is 59.4 Å². The molecular weight excluding hydrogens is 345 g/mol. The van der Waals surface area contributed by atoms with Crippen molar-refractivity contribution in [1.82, 2.24) is 19.4 Å². The number of aromatic nitrogens is 2. The van der Waals surface area contributed by atoms with Crippen LogP contribution in [0.1, 0.15) is 24.1 Å². The summed E-state index contributed by atoms with van der Waals surface area (Å²) in [6.07, 6.45) is 4.93. The molecule has 2 aliphatic heterocycles. The molecule has 6 nitrogen and oxygen atoms in total. The average Bonchev–Trinajstić information content (AvgIpc) is 3.18. The third kappa shape index (κ3) is 3.43. The number of benzene rings is 1. The normalized spacial score (nSPS) is 16.7. The highest BCUT2D eigenvalue weighted by molar-refractivity contribution is 5.80. The number of nitriles is 1. The molecule has 0 aliphatic carbocycles. The molecule has 7 heteroatoms. The number of urea groups is 1. The minimum atomic E-state index is -0.315. The lowest BCUT2D eigenvalue weighted by Gasteiger charge is -2.36. The summed E-state index contributed by atoms with van der Waals surface area (Å²) < 4.78 is 15.2. The molecule has 2 aromatic rings. The lowest BCUT2D eigenvalue weighted by atomic mass is 9.94. The summed E-state index contributed by atoms with van der Waals surface area (Å²) in [7, 11) is 0. The zero-order valence-corrected chi connectivity index (χ0v) is 14.9. The van der Waals surface area contributed by atoms with Crippen LogP contribution >= 0.6 is 0 Å². The van der Waals surface area contributed by atoms with Gasteiger partial charge in [-0.25, -0.2) is 14.2 Å². The van der Waals surface area contributed by atoms with Crippen LogP contribution in [0.4, 0.5) is 9.18 Å². The van der Waals surface area contributed by atoms with Crippen LogP contribution in [0, 0.1) is 17.1 Å². The topological polar surface area (TPSA) is 65.2 Å². The average molecular weight is 365 g/mol. The van der Waals surface area contributed by atoms with E-state index in [1.54, 1.807) is 24.7 Å². The van der Waals surface area contributed by atoms with Gasteiger partial charge in [-0.2, -0.15) is 5.26 Å². The van der Waals surface area contributed by atoms with E-state index in [1.807, 2.05) is 9.80 Å². The highest BCUT2D eigenvalue weighted by atomic mass is 19.1. The zero-order valence-electron chi connectivity index (χ0n) is 14.9. The van der Waals surface area contributed by atoms with Gasteiger partial charge in [0.25, 0.3) is 0 Å². The first-order chi connectivity index (χ1) is 13.2. The molecule has 27 heavy (non-hydrogen) atoms. The Bertz CT molecular complexity index is 915. The summed E-state index contributed by atoms with van der Waals surface area (Å²) in [4.78, 5) is 20.7. The molecule has 0 saturated carbocycles. The molecule has 4 rings (SSSR count). The predicted molar refractivity (Wildman–Crippen MR) is 97.8 cm³/mol. The Morgan fingerprint density at radius 3 is 2.52 bits per heavy atom. The molecule has 0 atom stereocenters. The van der Waals surface area contributed by atoms with E-state index in [-0.39, 0.29) is 11.8 Å². The monoisotopic (exact) mass is 365 g/mol. The van der Waals surface area contributed by atoms with Crippen molar-refractivity contribution in [1.29, 1.82) is 5.26 Å². The number of fused-ring (bicyclic) bond motifs is 1. The maximum absolute atomic E-state index is 13.1. The van der Waals surface area contributed by atoms with Gasteiger partial charge < -0.3 is 14.4 Å². The van der Waals surface area contributed by atoms with Gasteiger partial charge in [0.15, 0.2) is 0 Å². The minimum Gasteiger partial charge on any atom is -0.331 e. The fraction of sp³-hybridized carbons (Fsp3) is 0.350. The predicted octanol–water partition coefficient (Wildman–Crippen LogP) is 3.03. The smallest absolute Gasteiger partial charge is 0.320 e. The molecule has 0 unspecified atom stereocenters. The van der Waals surface area contributed by atoms with Gasteiger partial charge in [-0.3, -0.25) is 0 Å². The van der Waals surface area contributed by atoms with Crippen molar-refractivity contribution < 1.29 is 9.18 Å². The number of rotatable bonds is 1. The quantitative estimate of drug-likeness (QED) is 0.730. The van der Waals surface area contributed by atoms with E-state index in [2.05, 4.69) is 15.6 Å². The van der Waals surface area contributed by atoms with Crippen molar-refractivity contribution in [2.45, 2.75) is 25.9 Å². The van der Waals surface area contributed by atoms with Gasteiger partial charge >= 0.3 is 6.03 Å². The number of carbonyl (C=O) groups excluding carboxylic acids is 1. The van der Waals surface area contributed by atoms with Gasteiger partial charge in [0, 0.05) is 32.4 Å². The summed E-state index contributed by atoms with van der Waals surface area (Å²) in [5, 5.41) is 9.55. The number of piperidine rings is 1. The number of imidazole rings is 1. The Hall–Kier alpha value is -3.14. The standard InChI is InChI=1S/C20H20FN5O/c21-17-3-1-15(2-4-17)19(11-22)16-5-7-24(8-6-16)20(27)25-9-10-26-14-23-12-18(26)13-25/h1-4,12,14H,5-10,13H2. The van der Waals surface area contributed by atoms with Crippen LogP contribution in [0.25, 0.3) is 5.57 Å². The Morgan fingerprint density at radius 1 is 1.07 bits per heavy atom. The SMILES string of the molecule is N#CC(=C1CCN(C(=O)N2CCn3cncc3C2)CC1)c1ccc(F)cc1. The number of carbonyl (C=O) groups is 1. The molecule has 0 radical (unpaired) electrons. The fourth-order valence-electron chi connectivity index (χ4n) is 3.73. The van der Waals surface area contributed by atoms with Crippen molar-refractivity contribution in [3.8, 4) is 6.07 Å². The highest BCUT2D eigenvalue weighted by Crippen LogP contribution is 2.27. The molecular formula is C20H20FN5O. The lowest BCUT2D eigenvalue weighted by Crippen LogP contribution is -2.48. The van der Waals surface area contributed by atoms with Crippen LogP contribution in [-0.2, 0) is 13.1 Å². The maximum Gasteiger partial charge on any atom is 0.320 e. The molecule has 2 amide bonds. The lowest BCUT2D eigenvalue weighted by molar-refractivity contribution is 0.137. The molecule has 0 spiro atoms. The Balaban J connectivity index is 1.43. The molecule has 1 fully saturated rings. The highest BCUT2D eigenvalue weighted by Gasteiger charge is 2.27. The molecule has 1 aromatic heterocycles. The van der Waals surface area contributed by atoms with Crippen LogP contribution in [0.3, 0.4) is 0 Å². The largest absolute Gasteiger partial charge is 0.331 e. The van der Waals surface area contributed by atoms with Gasteiger partial charge in [0.2, 0.25) is 0 Å². The van der Waals surface area contributed by atoms with Gasteiger partial charge in [0.1, 0.15) is 5.82 Å². The van der Waals surface area contributed by atoms with Crippen LogP contribution in [0.15, 0.2) is 42.4 Å². The second-order valence-corrected chi connectivity index (χ2v) is 6.87. The van der Waals surface area contributed by atoms with Crippen molar-refractivity contribution in [2.24, 2.45) is 0 Å². The van der Waals surface area contributed by atoms with E-state index in [0.29, 0.717) is 44.6 Å². The number of hydrogen-bond donors (Lipinski definition) is 0. The van der Waals surface area contributed by atoms with Crippen molar-refractivity contribution >= 4 is 11.6 Å². The summed E-state index contributed by atoms with van der Waals surface area (Å²) in [5.41, 5.74) is 3.42. The van der Waals surface area contributed by atoms with Crippen LogP contribution in [0.5, 0.6) is 0 Å². The van der Waals surface area contributed by atoms with E-state index in [4.69, 9.17) is 0 Å². The first-order valence-electron chi connectivity index (χ1n) is 9.06. The summed E-state index contributed by atoms with van der Waals surface area (Å²) in [6, 6.07) is 8.30. The van der Waals surface area contributed by atoms with Crippen LogP contribution in [0.2, 0.25) is 0 Å². The molecule has 1 saturated heterocycles. The van der Waals surface area contributed by atoms with Gasteiger partial charge in [0.05, 0.1) is 30.2 Å². The number of hydrogen-bond acceptors (Lipinski definition) is 3. The van der Waals surface area contributed by atoms with Crippen molar-refractivity contribution in [3.63, 3.8) is 0 Å². The minimum absolute atomic E-state index is 0.0433. The first-order valence-corrected chi connectivity index (χ1v) is 9.06. The molecule has 3 heterocycles. The van der Waals surface area contributed by atoms with Crippen LogP contribution < -0.4 is 0 Å². The molecule has 1 aromatic carbocycles. The second-order valence-electron chi connectivity index (χ2n) is 6.87. The molecule has 0 N–H and O–H groups in total. The molecule has 138 valence electrons. The summed E-state index contributed by atoms with van der Waals surface area (Å²) in [5.74, 6) is -0.315.